The van der Waals surface area contributed by atoms with Gasteiger partial charge in [-0.1, -0.05) is 42.7 Å². The molecule has 0 radical (unpaired) electrons. The molecule has 4 nitrogen and oxygen atoms in total. The average Bonchev–Trinajstić information content (AvgIpc) is 2.88. The summed E-state index contributed by atoms with van der Waals surface area (Å²) in [4.78, 5) is 17.3. The number of fused-ring (bicyclic) bond motifs is 1. The Balaban J connectivity index is 1.36. The Kier molecular flexibility index (Phi) is 7.36. The lowest BCUT2D eigenvalue weighted by atomic mass is 9.85. The van der Waals surface area contributed by atoms with E-state index in [-0.39, 0.29) is 24.4 Å². The van der Waals surface area contributed by atoms with E-state index in [1.807, 2.05) is 12.2 Å². The molecule has 1 aliphatic carbocycles. The van der Waals surface area contributed by atoms with Crippen LogP contribution in [0.25, 0.3) is 0 Å². The van der Waals surface area contributed by atoms with Gasteiger partial charge in [0.2, 0.25) is 5.91 Å². The third-order valence-corrected chi connectivity index (χ3v) is 7.09. The van der Waals surface area contributed by atoms with Crippen molar-refractivity contribution < 1.29 is 13.6 Å². The molecule has 4 rings (SSSR count). The fourth-order valence-corrected chi connectivity index (χ4v) is 5.35. The standard InChI is InChI=1S/C26H31F2N3O/c27-23-10-9-22(24(28)16-23)18-31-13-12-30-11-3-7-19(4-2-8-25(30)26(31)32)14-20-5-1-6-21(15-20)17-29/h1,5-6,9-10,16,19,21,25H,2-4,7-8,11-15,18H2. The smallest absolute Gasteiger partial charge is 0.240 e. The summed E-state index contributed by atoms with van der Waals surface area (Å²) in [7, 11) is 0. The van der Waals surface area contributed by atoms with E-state index in [1.54, 1.807) is 4.90 Å². The van der Waals surface area contributed by atoms with E-state index >= 15 is 0 Å². The van der Waals surface area contributed by atoms with Crippen LogP contribution in [0.2, 0.25) is 0 Å². The van der Waals surface area contributed by atoms with Crippen LogP contribution in [-0.4, -0.2) is 41.4 Å². The molecular weight excluding hydrogens is 408 g/mol. The molecule has 0 spiro atoms. The van der Waals surface area contributed by atoms with Crippen molar-refractivity contribution in [3.05, 3.63) is 59.2 Å². The number of piperazine rings is 1. The highest BCUT2D eigenvalue weighted by Crippen LogP contribution is 2.31. The first-order valence-corrected chi connectivity index (χ1v) is 11.8. The quantitative estimate of drug-likeness (QED) is 0.665. The van der Waals surface area contributed by atoms with Crippen LogP contribution in [0.1, 0.15) is 50.5 Å². The van der Waals surface area contributed by atoms with Crippen LogP contribution < -0.4 is 0 Å². The minimum absolute atomic E-state index is 0.00476. The number of halogens is 2. The van der Waals surface area contributed by atoms with Gasteiger partial charge in [0.15, 0.2) is 0 Å². The number of carbonyl (C=O) groups is 1. The molecule has 0 bridgehead atoms. The second-order valence-corrected chi connectivity index (χ2v) is 9.34. The van der Waals surface area contributed by atoms with E-state index < -0.39 is 11.6 Å². The molecule has 2 aliphatic heterocycles. The van der Waals surface area contributed by atoms with Crippen molar-refractivity contribution in [1.82, 2.24) is 9.80 Å². The number of benzene rings is 1. The zero-order valence-corrected chi connectivity index (χ0v) is 18.5. The molecule has 3 unspecified atom stereocenters. The molecular formula is C26H31F2N3O. The predicted octanol–water partition coefficient (Wildman–Crippen LogP) is 4.97. The number of hydrogen-bond acceptors (Lipinski definition) is 3. The monoisotopic (exact) mass is 439 g/mol. The van der Waals surface area contributed by atoms with Gasteiger partial charge in [0.1, 0.15) is 11.6 Å². The maximum Gasteiger partial charge on any atom is 0.240 e. The van der Waals surface area contributed by atoms with Gasteiger partial charge in [-0.3, -0.25) is 9.69 Å². The van der Waals surface area contributed by atoms with Gasteiger partial charge >= 0.3 is 0 Å². The molecule has 32 heavy (non-hydrogen) atoms. The Morgan fingerprint density at radius 3 is 2.75 bits per heavy atom. The molecule has 1 amide bonds. The molecule has 6 heteroatoms. The van der Waals surface area contributed by atoms with Crippen LogP contribution in [-0.2, 0) is 11.3 Å². The first-order chi connectivity index (χ1) is 15.5. The Morgan fingerprint density at radius 2 is 1.94 bits per heavy atom. The van der Waals surface area contributed by atoms with Crippen molar-refractivity contribution in [2.75, 3.05) is 19.6 Å². The summed E-state index contributed by atoms with van der Waals surface area (Å²) in [6.45, 7) is 2.47. The first-order valence-electron chi connectivity index (χ1n) is 11.8. The summed E-state index contributed by atoms with van der Waals surface area (Å²) in [5, 5.41) is 9.21. The number of carbonyl (C=O) groups excluding carboxylic acids is 1. The van der Waals surface area contributed by atoms with Gasteiger partial charge in [-0.25, -0.2) is 8.78 Å². The number of allylic oxidation sites excluding steroid dienone is 4. The Labute approximate surface area is 189 Å². The van der Waals surface area contributed by atoms with Gasteiger partial charge in [-0.05, 0) is 50.6 Å². The van der Waals surface area contributed by atoms with E-state index in [9.17, 15) is 18.8 Å². The fraction of sp³-hybridized carbons (Fsp3) is 0.538. The van der Waals surface area contributed by atoms with Crippen molar-refractivity contribution in [2.45, 2.75) is 57.5 Å². The highest BCUT2D eigenvalue weighted by atomic mass is 19.1. The summed E-state index contributed by atoms with van der Waals surface area (Å²) in [5.74, 6) is -0.544. The maximum absolute atomic E-state index is 14.1. The van der Waals surface area contributed by atoms with Crippen molar-refractivity contribution in [3.63, 3.8) is 0 Å². The molecule has 3 aliphatic rings. The van der Waals surface area contributed by atoms with Crippen LogP contribution in [0.15, 0.2) is 42.0 Å². The number of hydrogen-bond donors (Lipinski definition) is 0. The predicted molar refractivity (Wildman–Crippen MR) is 119 cm³/mol. The summed E-state index contributed by atoms with van der Waals surface area (Å²) < 4.78 is 27.3. The molecule has 2 heterocycles. The second-order valence-electron chi connectivity index (χ2n) is 9.34. The van der Waals surface area contributed by atoms with Gasteiger partial charge in [0.25, 0.3) is 0 Å². The van der Waals surface area contributed by atoms with Crippen molar-refractivity contribution in [3.8, 4) is 6.07 Å². The van der Waals surface area contributed by atoms with E-state index in [2.05, 4.69) is 17.0 Å². The van der Waals surface area contributed by atoms with Crippen LogP contribution in [0.4, 0.5) is 8.78 Å². The highest BCUT2D eigenvalue weighted by molar-refractivity contribution is 5.82. The van der Waals surface area contributed by atoms with E-state index in [4.69, 9.17) is 0 Å². The topological polar surface area (TPSA) is 47.3 Å². The fourth-order valence-electron chi connectivity index (χ4n) is 5.35. The van der Waals surface area contributed by atoms with Gasteiger partial charge in [0.05, 0.1) is 18.0 Å². The average molecular weight is 440 g/mol. The van der Waals surface area contributed by atoms with Crippen LogP contribution >= 0.6 is 0 Å². The third-order valence-electron chi connectivity index (χ3n) is 7.09. The number of rotatable bonds is 4. The Hall–Kier alpha value is -2.52. The molecule has 0 aromatic heterocycles. The highest BCUT2D eigenvalue weighted by Gasteiger charge is 2.35. The molecule has 1 aromatic carbocycles. The van der Waals surface area contributed by atoms with Gasteiger partial charge < -0.3 is 4.90 Å². The summed E-state index contributed by atoms with van der Waals surface area (Å²) in [5.41, 5.74) is 1.73. The zero-order chi connectivity index (χ0) is 22.5. The molecule has 170 valence electrons. The van der Waals surface area contributed by atoms with E-state index in [0.29, 0.717) is 18.0 Å². The minimum atomic E-state index is -0.601. The molecule has 3 atom stereocenters. The van der Waals surface area contributed by atoms with Crippen molar-refractivity contribution in [2.24, 2.45) is 11.8 Å². The molecule has 1 aromatic rings. The van der Waals surface area contributed by atoms with Crippen LogP contribution in [0.3, 0.4) is 0 Å². The Morgan fingerprint density at radius 1 is 1.09 bits per heavy atom. The van der Waals surface area contributed by atoms with E-state index in [0.717, 1.165) is 64.1 Å². The Bertz CT molecular complexity index is 935. The molecule has 2 saturated heterocycles. The largest absolute Gasteiger partial charge is 0.336 e. The summed E-state index contributed by atoms with van der Waals surface area (Å²) in [6.07, 6.45) is 13.1. The SMILES string of the molecule is N#CC1C=CC=C(CC2CCCC3C(=O)N(Cc4ccc(F)cc4F)CCN3CCC2)C1. The van der Waals surface area contributed by atoms with Crippen LogP contribution in [0, 0.1) is 34.8 Å². The zero-order valence-electron chi connectivity index (χ0n) is 18.5. The van der Waals surface area contributed by atoms with Crippen molar-refractivity contribution in [1.29, 1.82) is 5.26 Å². The minimum Gasteiger partial charge on any atom is -0.336 e. The number of nitriles is 1. The van der Waals surface area contributed by atoms with Gasteiger partial charge in [-0.2, -0.15) is 5.26 Å². The number of amides is 1. The molecule has 2 fully saturated rings. The maximum atomic E-state index is 14.1. The van der Waals surface area contributed by atoms with E-state index in [1.165, 1.54) is 17.7 Å². The summed E-state index contributed by atoms with van der Waals surface area (Å²) in [6, 6.07) is 5.77. The normalized spacial score (nSPS) is 27.0. The summed E-state index contributed by atoms with van der Waals surface area (Å²) >= 11 is 0. The number of nitrogens with zero attached hydrogens (tertiary/aromatic N) is 3. The lowest BCUT2D eigenvalue weighted by Crippen LogP contribution is -2.56. The molecule has 0 saturated carbocycles. The lowest BCUT2D eigenvalue weighted by molar-refractivity contribution is -0.143. The van der Waals surface area contributed by atoms with Crippen molar-refractivity contribution >= 4 is 5.91 Å². The van der Waals surface area contributed by atoms with Gasteiger partial charge in [-0.15, -0.1) is 0 Å². The van der Waals surface area contributed by atoms with Crippen LogP contribution in [0.5, 0.6) is 0 Å². The van der Waals surface area contributed by atoms with Gasteiger partial charge in [0, 0.05) is 31.3 Å². The molecule has 0 N–H and O–H groups in total. The lowest BCUT2D eigenvalue weighted by Gasteiger charge is -2.40. The third kappa shape index (κ3) is 5.45. The second kappa shape index (κ2) is 10.4. The first kappa shape index (κ1) is 22.7.